The minimum atomic E-state index is -3.06. The van der Waals surface area contributed by atoms with Gasteiger partial charge in [-0.25, -0.2) is 9.59 Å². The number of urea groups is 1. The molecule has 1 atom stereocenters. The summed E-state index contributed by atoms with van der Waals surface area (Å²) in [6.45, 7) is 3.42. The number of ether oxygens (including phenoxy) is 3. The van der Waals surface area contributed by atoms with E-state index in [-0.39, 0.29) is 17.1 Å². The number of nitrogens with one attached hydrogen (secondary N) is 2. The Morgan fingerprint density at radius 2 is 1.74 bits per heavy atom. The maximum Gasteiger partial charge on any atom is 0.387 e. The van der Waals surface area contributed by atoms with Crippen LogP contribution >= 0.6 is 0 Å². The summed E-state index contributed by atoms with van der Waals surface area (Å²) in [6.07, 6.45) is -1.27. The first-order valence-electron chi connectivity index (χ1n) is 7.89. The van der Waals surface area contributed by atoms with Gasteiger partial charge in [0.1, 0.15) is 0 Å². The maximum absolute atomic E-state index is 12.3. The van der Waals surface area contributed by atoms with Crippen LogP contribution in [0.2, 0.25) is 0 Å². The Morgan fingerprint density at radius 1 is 1.11 bits per heavy atom. The van der Waals surface area contributed by atoms with Crippen molar-refractivity contribution in [2.75, 3.05) is 7.11 Å². The molecule has 0 fully saturated rings. The average molecular weight is 388 g/mol. The number of alkyl halides is 2. The highest BCUT2D eigenvalue weighted by Crippen LogP contribution is 2.29. The summed E-state index contributed by atoms with van der Waals surface area (Å²) < 4.78 is 38.8. The van der Waals surface area contributed by atoms with Gasteiger partial charge in [0, 0.05) is 5.54 Å². The number of benzene rings is 1. The minimum Gasteiger partial charge on any atom is -0.493 e. The zero-order chi connectivity index (χ0) is 20.8. The van der Waals surface area contributed by atoms with Crippen molar-refractivity contribution >= 4 is 17.9 Å². The zero-order valence-corrected chi connectivity index (χ0v) is 15.6. The molecule has 0 heterocycles. The Labute approximate surface area is 155 Å². The summed E-state index contributed by atoms with van der Waals surface area (Å²) in [6, 6.07) is 2.70. The number of carbonyl (C=O) groups excluding carboxylic acids is 3. The first-order chi connectivity index (χ1) is 12.4. The highest BCUT2D eigenvalue weighted by Gasteiger charge is 2.23. The first kappa shape index (κ1) is 22.1. The highest BCUT2D eigenvalue weighted by atomic mass is 19.3. The predicted molar refractivity (Wildman–Crippen MR) is 90.9 cm³/mol. The molecular formula is C17H22F2N2O6. The lowest BCUT2D eigenvalue weighted by atomic mass is 10.1. The van der Waals surface area contributed by atoms with Crippen LogP contribution in [0.15, 0.2) is 18.2 Å². The molecule has 3 amide bonds. The summed E-state index contributed by atoms with van der Waals surface area (Å²) in [5.74, 6) is -2.09. The van der Waals surface area contributed by atoms with Crippen LogP contribution in [0.1, 0.15) is 38.1 Å². The second-order valence-corrected chi connectivity index (χ2v) is 6.49. The second kappa shape index (κ2) is 9.15. The molecule has 0 radical (unpaired) electrons. The summed E-state index contributed by atoms with van der Waals surface area (Å²) >= 11 is 0. The Morgan fingerprint density at radius 3 is 2.26 bits per heavy atom. The monoisotopic (exact) mass is 388 g/mol. The van der Waals surface area contributed by atoms with Crippen LogP contribution in [-0.2, 0) is 9.53 Å². The third kappa shape index (κ3) is 7.47. The average Bonchev–Trinajstić information content (AvgIpc) is 2.52. The van der Waals surface area contributed by atoms with Gasteiger partial charge in [-0.1, -0.05) is 0 Å². The molecule has 0 bridgehead atoms. The van der Waals surface area contributed by atoms with Gasteiger partial charge in [0.25, 0.3) is 5.91 Å². The van der Waals surface area contributed by atoms with Gasteiger partial charge < -0.3 is 19.5 Å². The van der Waals surface area contributed by atoms with E-state index in [1.54, 1.807) is 20.8 Å². The number of methoxy groups -OCH3 is 1. The van der Waals surface area contributed by atoms with E-state index in [1.165, 1.54) is 20.1 Å². The fraction of sp³-hybridized carbons (Fsp3) is 0.471. The lowest BCUT2D eigenvalue weighted by molar-refractivity contribution is -0.127. The number of halogens is 2. The van der Waals surface area contributed by atoms with Crippen molar-refractivity contribution < 1.29 is 37.4 Å². The number of rotatable bonds is 6. The minimum absolute atomic E-state index is 0.0488. The van der Waals surface area contributed by atoms with Crippen LogP contribution in [0.4, 0.5) is 13.6 Å². The topological polar surface area (TPSA) is 103 Å². The van der Waals surface area contributed by atoms with Crippen molar-refractivity contribution in [3.63, 3.8) is 0 Å². The van der Waals surface area contributed by atoms with Gasteiger partial charge >= 0.3 is 18.6 Å². The van der Waals surface area contributed by atoms with Crippen LogP contribution in [0.3, 0.4) is 0 Å². The van der Waals surface area contributed by atoms with E-state index in [9.17, 15) is 23.2 Å². The van der Waals surface area contributed by atoms with Crippen LogP contribution in [0, 0.1) is 0 Å². The second-order valence-electron chi connectivity index (χ2n) is 6.49. The van der Waals surface area contributed by atoms with Crippen molar-refractivity contribution in [1.29, 1.82) is 0 Å². The molecule has 0 unspecified atom stereocenters. The molecule has 0 spiro atoms. The smallest absolute Gasteiger partial charge is 0.387 e. The largest absolute Gasteiger partial charge is 0.493 e. The normalized spacial score (nSPS) is 12.1. The van der Waals surface area contributed by atoms with Gasteiger partial charge in [0.2, 0.25) is 0 Å². The van der Waals surface area contributed by atoms with Gasteiger partial charge in [0.05, 0.1) is 12.7 Å². The molecule has 1 aromatic rings. The number of hydrogen-bond acceptors (Lipinski definition) is 6. The molecule has 150 valence electrons. The lowest BCUT2D eigenvalue weighted by Gasteiger charge is -2.21. The lowest BCUT2D eigenvalue weighted by Crippen LogP contribution is -2.50. The molecule has 0 aliphatic heterocycles. The number of carbonyl (C=O) groups is 3. The highest BCUT2D eigenvalue weighted by molar-refractivity contribution is 5.98. The van der Waals surface area contributed by atoms with Crippen LogP contribution < -0.4 is 20.1 Å². The van der Waals surface area contributed by atoms with E-state index >= 15 is 0 Å². The van der Waals surface area contributed by atoms with Gasteiger partial charge in [-0.3, -0.25) is 10.1 Å². The molecule has 0 aliphatic carbocycles. The quantitative estimate of drug-likeness (QED) is 0.726. The molecule has 10 heteroatoms. The Hall–Kier alpha value is -2.91. The third-order valence-electron chi connectivity index (χ3n) is 2.99. The van der Waals surface area contributed by atoms with Crippen LogP contribution in [0.5, 0.6) is 11.5 Å². The molecule has 8 nitrogen and oxygen atoms in total. The molecule has 2 N–H and O–H groups in total. The zero-order valence-electron chi connectivity index (χ0n) is 15.6. The van der Waals surface area contributed by atoms with E-state index in [2.05, 4.69) is 15.4 Å². The van der Waals surface area contributed by atoms with Crippen molar-refractivity contribution in [2.24, 2.45) is 0 Å². The predicted octanol–water partition coefficient (Wildman–Crippen LogP) is 2.47. The molecule has 27 heavy (non-hydrogen) atoms. The Bertz CT molecular complexity index is 703. The van der Waals surface area contributed by atoms with Crippen LogP contribution in [-0.4, -0.2) is 43.3 Å². The van der Waals surface area contributed by atoms with Gasteiger partial charge in [0.15, 0.2) is 17.6 Å². The molecule has 0 aliphatic rings. The molecule has 1 rings (SSSR count). The molecule has 0 saturated carbocycles. The van der Waals surface area contributed by atoms with Crippen LogP contribution in [0.25, 0.3) is 0 Å². The Balaban J connectivity index is 2.74. The van der Waals surface area contributed by atoms with E-state index in [1.807, 2.05) is 0 Å². The number of esters is 1. The van der Waals surface area contributed by atoms with Crippen molar-refractivity contribution in [2.45, 2.75) is 45.9 Å². The van der Waals surface area contributed by atoms with Gasteiger partial charge in [-0.05, 0) is 45.9 Å². The SMILES string of the molecule is COc1cc(C(=O)O[C@H](C)C(=O)NC(=O)NC(C)(C)C)ccc1OC(F)F. The summed E-state index contributed by atoms with van der Waals surface area (Å²) in [5.41, 5.74) is -0.602. The summed E-state index contributed by atoms with van der Waals surface area (Å²) in [4.78, 5) is 35.7. The fourth-order valence-electron chi connectivity index (χ4n) is 1.86. The first-order valence-corrected chi connectivity index (χ1v) is 7.89. The molecule has 1 aromatic carbocycles. The van der Waals surface area contributed by atoms with Crippen molar-refractivity contribution in [1.82, 2.24) is 10.6 Å². The van der Waals surface area contributed by atoms with Crippen molar-refractivity contribution in [3.8, 4) is 11.5 Å². The van der Waals surface area contributed by atoms with E-state index in [4.69, 9.17) is 9.47 Å². The van der Waals surface area contributed by atoms with Crippen molar-refractivity contribution in [3.05, 3.63) is 23.8 Å². The van der Waals surface area contributed by atoms with E-state index in [0.717, 1.165) is 12.1 Å². The molecule has 0 aromatic heterocycles. The van der Waals surface area contributed by atoms with E-state index < -0.39 is 36.2 Å². The summed E-state index contributed by atoms with van der Waals surface area (Å²) in [7, 11) is 1.21. The maximum atomic E-state index is 12.3. The fourth-order valence-corrected chi connectivity index (χ4v) is 1.86. The standard InChI is InChI=1S/C17H22F2N2O6/c1-9(13(22)20-16(24)21-17(2,3)4)26-14(23)10-6-7-11(27-15(18)19)12(8-10)25-5/h6-9,15H,1-5H3,(H2,20,21,22,24)/t9-/m1/s1. The molecular weight excluding hydrogens is 366 g/mol. The van der Waals surface area contributed by atoms with Gasteiger partial charge in [-0.15, -0.1) is 0 Å². The number of amides is 3. The number of imide groups is 1. The Kier molecular flexibility index (Phi) is 7.50. The third-order valence-corrected chi connectivity index (χ3v) is 2.99. The summed E-state index contributed by atoms with van der Waals surface area (Å²) in [5, 5.41) is 4.58. The van der Waals surface area contributed by atoms with Gasteiger partial charge in [-0.2, -0.15) is 8.78 Å². The number of hydrogen-bond donors (Lipinski definition) is 2. The van der Waals surface area contributed by atoms with E-state index in [0.29, 0.717) is 0 Å². The molecule has 0 saturated heterocycles.